The van der Waals surface area contributed by atoms with E-state index in [4.69, 9.17) is 0 Å². The number of fused-ring (bicyclic) bond motifs is 1. The van der Waals surface area contributed by atoms with E-state index in [1.807, 2.05) is 0 Å². The molecule has 0 aromatic rings. The second kappa shape index (κ2) is 1.06. The van der Waals surface area contributed by atoms with Crippen molar-refractivity contribution >= 4 is 0 Å². The van der Waals surface area contributed by atoms with Gasteiger partial charge in [-0.1, -0.05) is 6.42 Å². The summed E-state index contributed by atoms with van der Waals surface area (Å²) in [5.41, 5.74) is 0.597. The SMILES string of the molecule is F[C@H]1CC23CCCC2C13. The average molecular weight is 126 g/mol. The van der Waals surface area contributed by atoms with E-state index in [9.17, 15) is 4.39 Å². The molecule has 9 heavy (non-hydrogen) atoms. The van der Waals surface area contributed by atoms with E-state index in [-0.39, 0.29) is 0 Å². The first-order valence-electron chi connectivity index (χ1n) is 3.99. The minimum atomic E-state index is -0.393. The molecule has 0 saturated heterocycles. The van der Waals surface area contributed by atoms with Gasteiger partial charge in [0.2, 0.25) is 0 Å². The van der Waals surface area contributed by atoms with Crippen LogP contribution >= 0.6 is 0 Å². The van der Waals surface area contributed by atoms with E-state index in [1.165, 1.54) is 19.3 Å². The Kier molecular flexibility index (Phi) is 0.555. The van der Waals surface area contributed by atoms with Crippen LogP contribution in [0.4, 0.5) is 4.39 Å². The zero-order chi connectivity index (χ0) is 6.06. The predicted octanol–water partition coefficient (Wildman–Crippen LogP) is 2.14. The van der Waals surface area contributed by atoms with E-state index >= 15 is 0 Å². The summed E-state index contributed by atoms with van der Waals surface area (Å²) in [6.07, 6.45) is 4.60. The normalized spacial score (nSPS) is 68.3. The van der Waals surface area contributed by atoms with Gasteiger partial charge in [0.25, 0.3) is 0 Å². The molecule has 0 aliphatic heterocycles. The van der Waals surface area contributed by atoms with Gasteiger partial charge in [-0.05, 0) is 36.5 Å². The van der Waals surface area contributed by atoms with E-state index < -0.39 is 6.17 Å². The molecule has 50 valence electrons. The Morgan fingerprint density at radius 1 is 1.44 bits per heavy atom. The summed E-state index contributed by atoms with van der Waals surface area (Å²) in [5, 5.41) is 0. The molecule has 0 aromatic heterocycles. The van der Waals surface area contributed by atoms with Crippen LogP contribution < -0.4 is 0 Å². The van der Waals surface area contributed by atoms with Gasteiger partial charge in [0, 0.05) is 0 Å². The van der Waals surface area contributed by atoms with Crippen molar-refractivity contribution in [1.29, 1.82) is 0 Å². The Balaban J connectivity index is 1.92. The molecule has 0 aromatic carbocycles. The van der Waals surface area contributed by atoms with Crippen LogP contribution in [0, 0.1) is 17.3 Å². The first-order valence-corrected chi connectivity index (χ1v) is 3.99. The maximum absolute atomic E-state index is 12.7. The molecule has 3 unspecified atom stereocenters. The van der Waals surface area contributed by atoms with Gasteiger partial charge in [-0.2, -0.15) is 0 Å². The Morgan fingerprint density at radius 2 is 2.33 bits per heavy atom. The number of halogens is 1. The van der Waals surface area contributed by atoms with Crippen molar-refractivity contribution in [1.82, 2.24) is 0 Å². The fourth-order valence-corrected chi connectivity index (χ4v) is 3.41. The Hall–Kier alpha value is -0.0700. The third-order valence-corrected chi connectivity index (χ3v) is 3.85. The quantitative estimate of drug-likeness (QED) is 0.466. The summed E-state index contributed by atoms with van der Waals surface area (Å²) in [5.74, 6) is 1.39. The average Bonchev–Trinajstić information content (AvgIpc) is 2.20. The lowest BCUT2D eigenvalue weighted by molar-refractivity contribution is 0.113. The molecule has 0 radical (unpaired) electrons. The Labute approximate surface area is 54.4 Å². The number of hydrogen-bond donors (Lipinski definition) is 0. The zero-order valence-corrected chi connectivity index (χ0v) is 5.44. The summed E-state index contributed by atoms with van der Waals surface area (Å²) < 4.78 is 12.7. The third kappa shape index (κ3) is 0.311. The number of hydrogen-bond acceptors (Lipinski definition) is 0. The van der Waals surface area contributed by atoms with E-state index in [0.717, 1.165) is 12.3 Å². The van der Waals surface area contributed by atoms with Crippen LogP contribution in [0.3, 0.4) is 0 Å². The molecule has 1 heteroatoms. The standard InChI is InChI=1S/C8H11F/c9-6-4-8-3-1-2-5(8)7(6)8/h5-7H,1-4H2/t5?,6-,7?,8?/m0/s1. The van der Waals surface area contributed by atoms with Crippen LogP contribution in [-0.2, 0) is 0 Å². The van der Waals surface area contributed by atoms with Crippen LogP contribution in [0.5, 0.6) is 0 Å². The third-order valence-electron chi connectivity index (χ3n) is 3.85. The summed E-state index contributed by atoms with van der Waals surface area (Å²) in [7, 11) is 0. The summed E-state index contributed by atoms with van der Waals surface area (Å²) in [6.45, 7) is 0. The molecule has 3 aliphatic carbocycles. The second-order valence-electron chi connectivity index (χ2n) is 3.98. The van der Waals surface area contributed by atoms with Gasteiger partial charge < -0.3 is 0 Å². The molecule has 3 rings (SSSR count). The molecule has 0 nitrogen and oxygen atoms in total. The van der Waals surface area contributed by atoms with Gasteiger partial charge in [-0.3, -0.25) is 0 Å². The molecule has 0 heterocycles. The topological polar surface area (TPSA) is 0 Å². The van der Waals surface area contributed by atoms with Crippen molar-refractivity contribution < 1.29 is 4.39 Å². The van der Waals surface area contributed by atoms with Crippen molar-refractivity contribution in [2.75, 3.05) is 0 Å². The number of alkyl halides is 1. The lowest BCUT2D eigenvalue weighted by Crippen LogP contribution is -2.26. The fourth-order valence-electron chi connectivity index (χ4n) is 3.41. The molecule has 4 atom stereocenters. The Morgan fingerprint density at radius 3 is 2.89 bits per heavy atom. The van der Waals surface area contributed by atoms with Crippen molar-refractivity contribution in [3.05, 3.63) is 0 Å². The number of rotatable bonds is 0. The van der Waals surface area contributed by atoms with Crippen molar-refractivity contribution in [2.24, 2.45) is 17.3 Å². The fraction of sp³-hybridized carbons (Fsp3) is 1.00. The molecule has 3 saturated carbocycles. The highest BCUT2D eigenvalue weighted by molar-refractivity contribution is 5.24. The minimum absolute atomic E-state index is 0.393. The molecule has 0 N–H and O–H groups in total. The van der Waals surface area contributed by atoms with E-state index in [2.05, 4.69) is 0 Å². The molecule has 3 aliphatic rings. The minimum Gasteiger partial charge on any atom is -0.247 e. The molecular weight excluding hydrogens is 115 g/mol. The smallest absolute Gasteiger partial charge is 0.104 e. The highest BCUT2D eigenvalue weighted by Crippen LogP contribution is 2.79. The van der Waals surface area contributed by atoms with Crippen LogP contribution in [0.25, 0.3) is 0 Å². The predicted molar refractivity (Wildman–Crippen MR) is 32.8 cm³/mol. The van der Waals surface area contributed by atoms with Crippen molar-refractivity contribution in [3.63, 3.8) is 0 Å². The van der Waals surface area contributed by atoms with E-state index in [0.29, 0.717) is 11.3 Å². The van der Waals surface area contributed by atoms with Crippen LogP contribution in [0.1, 0.15) is 25.7 Å². The largest absolute Gasteiger partial charge is 0.247 e. The van der Waals surface area contributed by atoms with E-state index in [1.54, 1.807) is 0 Å². The summed E-state index contributed by atoms with van der Waals surface area (Å²) in [4.78, 5) is 0. The van der Waals surface area contributed by atoms with Gasteiger partial charge >= 0.3 is 0 Å². The highest BCUT2D eigenvalue weighted by atomic mass is 19.1. The summed E-state index contributed by atoms with van der Waals surface area (Å²) >= 11 is 0. The lowest BCUT2D eigenvalue weighted by Gasteiger charge is -2.27. The summed E-state index contributed by atoms with van der Waals surface area (Å²) in [6, 6.07) is 0. The van der Waals surface area contributed by atoms with Gasteiger partial charge in [0.1, 0.15) is 6.17 Å². The second-order valence-corrected chi connectivity index (χ2v) is 3.98. The first kappa shape index (κ1) is 4.70. The lowest BCUT2D eigenvalue weighted by atomic mass is 9.80. The molecule has 0 bridgehead atoms. The maximum atomic E-state index is 12.7. The highest BCUT2D eigenvalue weighted by Gasteiger charge is 2.76. The van der Waals surface area contributed by atoms with Crippen molar-refractivity contribution in [3.8, 4) is 0 Å². The zero-order valence-electron chi connectivity index (χ0n) is 5.44. The van der Waals surface area contributed by atoms with Gasteiger partial charge in [-0.15, -0.1) is 0 Å². The monoisotopic (exact) mass is 126 g/mol. The molecule has 1 spiro atoms. The molecule has 3 fully saturated rings. The van der Waals surface area contributed by atoms with Crippen molar-refractivity contribution in [2.45, 2.75) is 31.9 Å². The van der Waals surface area contributed by atoms with Crippen LogP contribution in [0.2, 0.25) is 0 Å². The Bertz CT molecular complexity index is 160. The van der Waals surface area contributed by atoms with Gasteiger partial charge in [-0.25, -0.2) is 4.39 Å². The van der Waals surface area contributed by atoms with Gasteiger partial charge in [0.15, 0.2) is 0 Å². The van der Waals surface area contributed by atoms with Gasteiger partial charge in [0.05, 0.1) is 0 Å². The van der Waals surface area contributed by atoms with Crippen LogP contribution in [0.15, 0.2) is 0 Å². The first-order chi connectivity index (χ1) is 4.34. The molecular formula is C8H11F. The molecule has 0 amide bonds. The maximum Gasteiger partial charge on any atom is 0.104 e. The van der Waals surface area contributed by atoms with Crippen LogP contribution in [-0.4, -0.2) is 6.17 Å².